The maximum Gasteiger partial charge on any atom is 0.257 e. The summed E-state index contributed by atoms with van der Waals surface area (Å²) in [7, 11) is -7.18. The first-order valence-electron chi connectivity index (χ1n) is 9.54. The van der Waals surface area contributed by atoms with Crippen LogP contribution in [0, 0.1) is 13.8 Å². The Bertz CT molecular complexity index is 1390. The van der Waals surface area contributed by atoms with Gasteiger partial charge in [0.1, 0.15) is 0 Å². The monoisotopic (exact) mass is 479 g/mol. The number of carbonyl (C=O) groups excluding carboxylic acids is 1. The molecule has 8 nitrogen and oxygen atoms in total. The van der Waals surface area contributed by atoms with Crippen molar-refractivity contribution < 1.29 is 21.6 Å². The molecule has 0 spiro atoms. The van der Waals surface area contributed by atoms with Crippen LogP contribution in [0.15, 0.2) is 41.3 Å². The number of aryl methyl sites for hydroxylation is 2. The van der Waals surface area contributed by atoms with Crippen LogP contribution in [-0.4, -0.2) is 45.3 Å². The molecular weight excluding hydrogens is 458 g/mol. The first kappa shape index (κ1) is 21.9. The van der Waals surface area contributed by atoms with Gasteiger partial charge in [0.2, 0.25) is 10.0 Å². The summed E-state index contributed by atoms with van der Waals surface area (Å²) in [5, 5.41) is 3.16. The Hall–Kier alpha value is -2.34. The molecule has 0 bridgehead atoms. The van der Waals surface area contributed by atoms with Crippen molar-refractivity contribution in [2.24, 2.45) is 0 Å². The first-order valence-corrected chi connectivity index (χ1v) is 13.7. The highest BCUT2D eigenvalue weighted by molar-refractivity contribution is 7.92. The molecule has 1 saturated heterocycles. The van der Waals surface area contributed by atoms with Crippen LogP contribution in [0.1, 0.15) is 27.9 Å². The molecule has 1 amide bonds. The van der Waals surface area contributed by atoms with Crippen molar-refractivity contribution in [3.05, 3.63) is 53.1 Å². The molecule has 164 valence electrons. The molecular formula is C20H21N3O5S3. The third-order valence-electron chi connectivity index (χ3n) is 5.01. The number of amides is 1. The van der Waals surface area contributed by atoms with Gasteiger partial charge in [-0.3, -0.25) is 10.1 Å². The minimum atomic E-state index is -3.96. The lowest BCUT2D eigenvalue weighted by molar-refractivity contribution is 0.102. The van der Waals surface area contributed by atoms with Crippen molar-refractivity contribution in [1.29, 1.82) is 0 Å². The Morgan fingerprint density at radius 3 is 2.68 bits per heavy atom. The normalized spacial score (nSPS) is 18.3. The quantitative estimate of drug-likeness (QED) is 0.580. The van der Waals surface area contributed by atoms with Gasteiger partial charge in [-0.15, -0.1) is 0 Å². The Kier molecular flexibility index (Phi) is 5.63. The van der Waals surface area contributed by atoms with E-state index < -0.39 is 31.8 Å². The molecule has 3 aromatic rings. The van der Waals surface area contributed by atoms with Gasteiger partial charge in [-0.1, -0.05) is 23.5 Å². The van der Waals surface area contributed by atoms with Gasteiger partial charge in [0.05, 0.1) is 26.6 Å². The molecule has 1 aliphatic rings. The topological polar surface area (TPSA) is 122 Å². The lowest BCUT2D eigenvalue weighted by Crippen LogP contribution is -2.35. The number of benzene rings is 2. The van der Waals surface area contributed by atoms with Crippen LogP contribution in [0.25, 0.3) is 10.2 Å². The van der Waals surface area contributed by atoms with Crippen LogP contribution in [0.2, 0.25) is 0 Å². The van der Waals surface area contributed by atoms with Crippen molar-refractivity contribution in [1.82, 2.24) is 9.71 Å². The summed E-state index contributed by atoms with van der Waals surface area (Å²) in [6.07, 6.45) is 0.234. The van der Waals surface area contributed by atoms with E-state index in [0.717, 1.165) is 21.3 Å². The molecule has 1 aliphatic heterocycles. The van der Waals surface area contributed by atoms with E-state index in [1.807, 2.05) is 26.0 Å². The number of sulfonamides is 1. The molecule has 2 aromatic carbocycles. The number of aromatic nitrogens is 1. The summed E-state index contributed by atoms with van der Waals surface area (Å²) >= 11 is 1.35. The molecule has 1 atom stereocenters. The van der Waals surface area contributed by atoms with Crippen molar-refractivity contribution in [2.45, 2.75) is 31.2 Å². The van der Waals surface area contributed by atoms with Crippen molar-refractivity contribution in [3.63, 3.8) is 0 Å². The van der Waals surface area contributed by atoms with E-state index in [-0.39, 0.29) is 28.4 Å². The van der Waals surface area contributed by atoms with Gasteiger partial charge in [0, 0.05) is 11.6 Å². The third-order valence-corrected chi connectivity index (χ3v) is 9.22. The molecule has 1 aromatic heterocycles. The van der Waals surface area contributed by atoms with Crippen LogP contribution in [0.3, 0.4) is 0 Å². The van der Waals surface area contributed by atoms with Crippen LogP contribution in [0.4, 0.5) is 5.13 Å². The number of hydrogen-bond acceptors (Lipinski definition) is 7. The highest BCUT2D eigenvalue weighted by Gasteiger charge is 2.31. The zero-order valence-corrected chi connectivity index (χ0v) is 19.3. The van der Waals surface area contributed by atoms with Gasteiger partial charge in [-0.25, -0.2) is 26.5 Å². The van der Waals surface area contributed by atoms with Gasteiger partial charge >= 0.3 is 0 Å². The van der Waals surface area contributed by atoms with Gasteiger partial charge < -0.3 is 0 Å². The Morgan fingerprint density at radius 2 is 1.97 bits per heavy atom. The molecule has 0 aliphatic carbocycles. The van der Waals surface area contributed by atoms with E-state index in [0.29, 0.717) is 5.13 Å². The second kappa shape index (κ2) is 7.97. The number of rotatable bonds is 5. The van der Waals surface area contributed by atoms with Crippen molar-refractivity contribution >= 4 is 52.5 Å². The number of fused-ring (bicyclic) bond motifs is 1. The molecule has 2 heterocycles. The molecule has 0 saturated carbocycles. The van der Waals surface area contributed by atoms with E-state index >= 15 is 0 Å². The average Bonchev–Trinajstić information content (AvgIpc) is 3.23. The lowest BCUT2D eigenvalue weighted by atomic mass is 10.1. The zero-order valence-electron chi connectivity index (χ0n) is 16.9. The van der Waals surface area contributed by atoms with Crippen LogP contribution >= 0.6 is 11.3 Å². The van der Waals surface area contributed by atoms with Crippen LogP contribution < -0.4 is 10.0 Å². The summed E-state index contributed by atoms with van der Waals surface area (Å²) in [4.78, 5) is 17.1. The smallest absolute Gasteiger partial charge is 0.257 e. The molecule has 0 radical (unpaired) electrons. The predicted octanol–water partition coefficient (Wildman–Crippen LogP) is 2.63. The number of hydrogen-bond donors (Lipinski definition) is 2. The maximum atomic E-state index is 12.7. The van der Waals surface area contributed by atoms with Crippen LogP contribution in [0.5, 0.6) is 0 Å². The fraction of sp³-hybridized carbons (Fsp3) is 0.300. The third kappa shape index (κ3) is 4.79. The summed E-state index contributed by atoms with van der Waals surface area (Å²) in [6, 6.07) is 8.97. The molecule has 1 unspecified atom stereocenters. The van der Waals surface area contributed by atoms with E-state index in [1.165, 1.54) is 35.6 Å². The maximum absolute atomic E-state index is 12.7. The standard InChI is InChI=1S/C20H21N3O5S3/c1-12-8-13(2)18-17(9-12)29-20(21-18)22-19(24)14-4-3-5-16(10-14)31(27,28)23-15-6-7-30(25,26)11-15/h3-5,8-10,15,23H,6-7,11H2,1-2H3,(H,21,22,24). The fourth-order valence-corrected chi connectivity index (χ4v) is 7.71. The van der Waals surface area contributed by atoms with E-state index in [4.69, 9.17) is 0 Å². The van der Waals surface area contributed by atoms with Crippen molar-refractivity contribution in [3.8, 4) is 0 Å². The van der Waals surface area contributed by atoms with E-state index in [2.05, 4.69) is 15.0 Å². The number of anilines is 1. The molecule has 11 heteroatoms. The summed E-state index contributed by atoms with van der Waals surface area (Å²) in [6.45, 7) is 3.95. The number of sulfone groups is 1. The SMILES string of the molecule is Cc1cc(C)c2nc(NC(=O)c3cccc(S(=O)(=O)NC4CCS(=O)(=O)C4)c3)sc2c1. The highest BCUT2D eigenvalue weighted by Crippen LogP contribution is 2.29. The Balaban J connectivity index is 1.54. The van der Waals surface area contributed by atoms with Gasteiger partial charge in [-0.05, 0) is 55.7 Å². The molecule has 2 N–H and O–H groups in total. The second-order valence-electron chi connectivity index (χ2n) is 7.65. The number of nitrogens with one attached hydrogen (secondary N) is 2. The summed E-state index contributed by atoms with van der Waals surface area (Å²) in [5.74, 6) is -0.735. The van der Waals surface area contributed by atoms with Gasteiger partial charge in [-0.2, -0.15) is 0 Å². The number of carbonyl (C=O) groups is 1. The minimum Gasteiger partial charge on any atom is -0.298 e. The average molecular weight is 480 g/mol. The Labute approximate surface area is 184 Å². The van der Waals surface area contributed by atoms with Crippen molar-refractivity contribution in [2.75, 3.05) is 16.8 Å². The molecule has 31 heavy (non-hydrogen) atoms. The highest BCUT2D eigenvalue weighted by atomic mass is 32.2. The number of nitrogens with zero attached hydrogens (tertiary/aromatic N) is 1. The molecule has 4 rings (SSSR count). The lowest BCUT2D eigenvalue weighted by Gasteiger charge is -2.12. The van der Waals surface area contributed by atoms with Gasteiger partial charge in [0.25, 0.3) is 5.91 Å². The minimum absolute atomic E-state index is 0.0379. The largest absolute Gasteiger partial charge is 0.298 e. The zero-order chi connectivity index (χ0) is 22.4. The van der Waals surface area contributed by atoms with Crippen LogP contribution in [-0.2, 0) is 19.9 Å². The molecule has 1 fully saturated rings. The van der Waals surface area contributed by atoms with E-state index in [9.17, 15) is 21.6 Å². The first-order chi connectivity index (χ1) is 14.5. The fourth-order valence-electron chi connectivity index (χ4n) is 3.57. The van der Waals surface area contributed by atoms with Gasteiger partial charge in [0.15, 0.2) is 15.0 Å². The van der Waals surface area contributed by atoms with E-state index in [1.54, 1.807) is 0 Å². The summed E-state index contributed by atoms with van der Waals surface area (Å²) in [5.41, 5.74) is 3.10. The number of thiazole rings is 1. The predicted molar refractivity (Wildman–Crippen MR) is 121 cm³/mol. The Morgan fingerprint density at radius 1 is 1.19 bits per heavy atom. The summed E-state index contributed by atoms with van der Waals surface area (Å²) < 4.78 is 51.9. The second-order valence-corrected chi connectivity index (χ2v) is 12.6.